The van der Waals surface area contributed by atoms with Crippen molar-refractivity contribution in [2.24, 2.45) is 0 Å². The molecule has 2 fully saturated rings. The number of pyridine rings is 1. The minimum Gasteiger partial charge on any atom is -0.378 e. The molecule has 0 bridgehead atoms. The van der Waals surface area contributed by atoms with Gasteiger partial charge in [-0.25, -0.2) is 4.98 Å². The van der Waals surface area contributed by atoms with Crippen LogP contribution in [0.4, 0.5) is 23.1 Å². The normalized spacial score (nSPS) is 18.6. The molecule has 1 unspecified atom stereocenters. The molecule has 31 heavy (non-hydrogen) atoms. The van der Waals surface area contributed by atoms with Gasteiger partial charge in [0.1, 0.15) is 11.2 Å². The smallest absolute Gasteiger partial charge is 0.261 e. The maximum atomic E-state index is 12.5. The van der Waals surface area contributed by atoms with Crippen LogP contribution in [0.5, 0.6) is 0 Å². The van der Waals surface area contributed by atoms with Crippen LogP contribution in [0.3, 0.4) is 0 Å². The van der Waals surface area contributed by atoms with Gasteiger partial charge in [0.15, 0.2) is 0 Å². The number of aromatic nitrogens is 3. The summed E-state index contributed by atoms with van der Waals surface area (Å²) in [5, 5.41) is 10.5. The van der Waals surface area contributed by atoms with Gasteiger partial charge in [-0.3, -0.25) is 4.79 Å². The third-order valence-corrected chi connectivity index (χ3v) is 5.52. The Morgan fingerprint density at radius 1 is 1.10 bits per heavy atom. The summed E-state index contributed by atoms with van der Waals surface area (Å²) in [5.74, 6) is 1.02. The molecule has 0 aliphatic carbocycles. The largest absolute Gasteiger partial charge is 0.378 e. The number of benzene rings is 1. The number of halogens is 1. The molecule has 0 spiro atoms. The molecular formula is C21H26ClN7O2. The lowest BCUT2D eigenvalue weighted by molar-refractivity contribution is 0.122. The molecule has 1 atom stereocenters. The van der Waals surface area contributed by atoms with Crippen molar-refractivity contribution >= 4 is 46.5 Å². The summed E-state index contributed by atoms with van der Waals surface area (Å²) >= 11 is 0. The van der Waals surface area contributed by atoms with Gasteiger partial charge in [-0.1, -0.05) is 0 Å². The van der Waals surface area contributed by atoms with Crippen LogP contribution >= 0.6 is 12.4 Å². The predicted octanol–water partition coefficient (Wildman–Crippen LogP) is 2.09. The lowest BCUT2D eigenvalue weighted by Crippen LogP contribution is -2.36. The van der Waals surface area contributed by atoms with Crippen LogP contribution in [-0.4, -0.2) is 60.4 Å². The Kier molecular flexibility index (Phi) is 6.55. The van der Waals surface area contributed by atoms with Crippen molar-refractivity contribution in [3.63, 3.8) is 0 Å². The van der Waals surface area contributed by atoms with Crippen molar-refractivity contribution in [1.29, 1.82) is 0 Å². The third kappa shape index (κ3) is 4.73. The molecule has 1 aromatic carbocycles. The van der Waals surface area contributed by atoms with Crippen molar-refractivity contribution in [1.82, 2.24) is 20.3 Å². The van der Waals surface area contributed by atoms with E-state index < -0.39 is 0 Å². The molecule has 2 aliphatic rings. The van der Waals surface area contributed by atoms with Gasteiger partial charge in [0.2, 0.25) is 5.95 Å². The van der Waals surface area contributed by atoms with Gasteiger partial charge in [-0.05, 0) is 43.3 Å². The minimum absolute atomic E-state index is 0. The van der Waals surface area contributed by atoms with E-state index in [-0.39, 0.29) is 24.0 Å². The fourth-order valence-electron chi connectivity index (χ4n) is 3.92. The highest BCUT2D eigenvalue weighted by atomic mass is 35.5. The highest BCUT2D eigenvalue weighted by Crippen LogP contribution is 2.25. The zero-order valence-corrected chi connectivity index (χ0v) is 17.9. The van der Waals surface area contributed by atoms with Crippen LogP contribution < -0.4 is 26.4 Å². The van der Waals surface area contributed by atoms with E-state index in [0.29, 0.717) is 22.7 Å². The number of H-pyrrole nitrogens is 1. The lowest BCUT2D eigenvalue weighted by atomic mass is 10.2. The van der Waals surface area contributed by atoms with Gasteiger partial charge in [0.05, 0.1) is 18.7 Å². The number of morpholine rings is 1. The number of ether oxygens (including phenoxy) is 1. The molecule has 2 aromatic heterocycles. The van der Waals surface area contributed by atoms with E-state index in [1.54, 1.807) is 12.3 Å². The standard InChI is InChI=1S/C21H25N7O2.ClH/c29-20-18-17(6-8-23-20)26-21(25-15-5-7-22-13-15)27-19(18)24-14-1-3-16(4-2-14)28-9-11-30-12-10-28;/h1-4,6,8,15,22H,5,7,9-13H2,(H,23,29)(H2,24,25,26,27);1H. The van der Waals surface area contributed by atoms with E-state index in [1.165, 1.54) is 0 Å². The molecule has 4 heterocycles. The van der Waals surface area contributed by atoms with E-state index in [4.69, 9.17) is 4.74 Å². The van der Waals surface area contributed by atoms with Crippen molar-refractivity contribution in [3.8, 4) is 0 Å². The van der Waals surface area contributed by atoms with Crippen LogP contribution in [-0.2, 0) is 4.74 Å². The topological polar surface area (TPSA) is 107 Å². The average molecular weight is 444 g/mol. The van der Waals surface area contributed by atoms with Crippen LogP contribution in [0.2, 0.25) is 0 Å². The lowest BCUT2D eigenvalue weighted by Gasteiger charge is -2.28. The van der Waals surface area contributed by atoms with Crippen LogP contribution in [0, 0.1) is 0 Å². The third-order valence-electron chi connectivity index (χ3n) is 5.52. The highest BCUT2D eigenvalue weighted by molar-refractivity contribution is 5.91. The summed E-state index contributed by atoms with van der Waals surface area (Å²) in [5.41, 5.74) is 2.41. The maximum absolute atomic E-state index is 12.5. The molecule has 164 valence electrons. The molecule has 0 saturated carbocycles. The number of rotatable bonds is 5. The number of fused-ring (bicyclic) bond motifs is 1. The summed E-state index contributed by atoms with van der Waals surface area (Å²) in [4.78, 5) is 26.7. The summed E-state index contributed by atoms with van der Waals surface area (Å²) in [6.07, 6.45) is 2.63. The number of nitrogens with one attached hydrogen (secondary N) is 4. The number of hydrogen-bond acceptors (Lipinski definition) is 8. The fourth-order valence-corrected chi connectivity index (χ4v) is 3.92. The number of hydrogen-bond donors (Lipinski definition) is 4. The Labute approximate surface area is 186 Å². The first-order valence-corrected chi connectivity index (χ1v) is 10.3. The zero-order valence-electron chi connectivity index (χ0n) is 17.1. The van der Waals surface area contributed by atoms with Crippen LogP contribution in [0.1, 0.15) is 6.42 Å². The van der Waals surface area contributed by atoms with E-state index in [9.17, 15) is 4.79 Å². The molecule has 4 N–H and O–H groups in total. The first-order chi connectivity index (χ1) is 14.8. The van der Waals surface area contributed by atoms with Crippen LogP contribution in [0.15, 0.2) is 41.3 Å². The summed E-state index contributed by atoms with van der Waals surface area (Å²) < 4.78 is 5.42. The molecule has 2 aliphatic heterocycles. The first-order valence-electron chi connectivity index (χ1n) is 10.3. The monoisotopic (exact) mass is 443 g/mol. The van der Waals surface area contributed by atoms with Gasteiger partial charge < -0.3 is 30.6 Å². The number of nitrogens with zero attached hydrogens (tertiary/aromatic N) is 3. The fraction of sp³-hybridized carbons (Fsp3) is 0.381. The summed E-state index contributed by atoms with van der Waals surface area (Å²) in [6.45, 7) is 5.14. The maximum Gasteiger partial charge on any atom is 0.261 e. The van der Waals surface area contributed by atoms with Crippen molar-refractivity contribution in [2.45, 2.75) is 12.5 Å². The number of anilines is 4. The summed E-state index contributed by atoms with van der Waals surface area (Å²) in [7, 11) is 0. The Morgan fingerprint density at radius 2 is 1.90 bits per heavy atom. The molecule has 0 radical (unpaired) electrons. The average Bonchev–Trinajstić information content (AvgIpc) is 3.28. The van der Waals surface area contributed by atoms with Gasteiger partial charge >= 0.3 is 0 Å². The van der Waals surface area contributed by atoms with E-state index in [2.05, 4.69) is 47.9 Å². The quantitative estimate of drug-likeness (QED) is 0.475. The minimum atomic E-state index is -0.214. The predicted molar refractivity (Wildman–Crippen MR) is 125 cm³/mol. The van der Waals surface area contributed by atoms with E-state index in [0.717, 1.165) is 57.2 Å². The Hall–Kier alpha value is -2.88. The number of aromatic amines is 1. The molecule has 0 amide bonds. The van der Waals surface area contributed by atoms with Gasteiger partial charge in [-0.15, -0.1) is 12.4 Å². The second-order valence-electron chi connectivity index (χ2n) is 7.57. The SMILES string of the molecule is Cl.O=c1[nH]ccc2nc(NC3CCNC3)nc(Nc3ccc(N4CCOCC4)cc3)c12. The van der Waals surface area contributed by atoms with E-state index >= 15 is 0 Å². The molecular weight excluding hydrogens is 418 g/mol. The van der Waals surface area contributed by atoms with Crippen molar-refractivity contribution < 1.29 is 4.74 Å². The van der Waals surface area contributed by atoms with Crippen molar-refractivity contribution in [2.75, 3.05) is 54.9 Å². The second kappa shape index (κ2) is 9.51. The van der Waals surface area contributed by atoms with Crippen LogP contribution in [0.25, 0.3) is 10.9 Å². The van der Waals surface area contributed by atoms with Gasteiger partial charge in [-0.2, -0.15) is 4.98 Å². The highest BCUT2D eigenvalue weighted by Gasteiger charge is 2.18. The molecule has 9 nitrogen and oxygen atoms in total. The Balaban J connectivity index is 0.00000231. The molecule has 3 aromatic rings. The zero-order chi connectivity index (χ0) is 20.3. The van der Waals surface area contributed by atoms with Crippen molar-refractivity contribution in [3.05, 3.63) is 46.9 Å². The molecule has 5 rings (SSSR count). The second-order valence-corrected chi connectivity index (χ2v) is 7.57. The summed E-state index contributed by atoms with van der Waals surface area (Å²) in [6, 6.07) is 10.2. The molecule has 10 heteroatoms. The molecule has 2 saturated heterocycles. The van der Waals surface area contributed by atoms with Gasteiger partial charge in [0.25, 0.3) is 5.56 Å². The first kappa shape index (κ1) is 21.4. The Bertz CT molecular complexity index is 1080. The Morgan fingerprint density at radius 3 is 2.65 bits per heavy atom. The van der Waals surface area contributed by atoms with Gasteiger partial charge in [0, 0.05) is 43.2 Å². The van der Waals surface area contributed by atoms with E-state index in [1.807, 2.05) is 12.1 Å².